The van der Waals surface area contributed by atoms with Gasteiger partial charge in [0, 0.05) is 16.9 Å². The molecule has 4 N–H and O–H groups in total. The van der Waals surface area contributed by atoms with Gasteiger partial charge in [0.2, 0.25) is 11.8 Å². The van der Waals surface area contributed by atoms with Gasteiger partial charge in [-0.2, -0.15) is 11.8 Å². The van der Waals surface area contributed by atoms with Crippen LogP contribution in [0.4, 0.5) is 0 Å². The van der Waals surface area contributed by atoms with Crippen LogP contribution < -0.4 is 21.3 Å². The molecule has 0 aliphatic rings. The normalized spacial score (nSPS) is 11.8. The van der Waals surface area contributed by atoms with Crippen LogP contribution >= 0.6 is 11.8 Å². The number of benzene rings is 2. The fourth-order valence-electron chi connectivity index (χ4n) is 3.23. The molecule has 2 aromatic rings. The summed E-state index contributed by atoms with van der Waals surface area (Å²) in [5.41, 5.74) is 0.705. The molecule has 0 aromatic heterocycles. The Balaban J connectivity index is 2.03. The highest BCUT2D eigenvalue weighted by atomic mass is 32.2. The molecule has 0 spiro atoms. The van der Waals surface area contributed by atoms with Gasteiger partial charge in [-0.3, -0.25) is 28.8 Å². The average Bonchev–Trinajstić information content (AvgIpc) is 2.99. The highest BCUT2D eigenvalue weighted by molar-refractivity contribution is 7.99. The van der Waals surface area contributed by atoms with Gasteiger partial charge >= 0.3 is 11.9 Å². The maximum absolute atomic E-state index is 12.7. The lowest BCUT2D eigenvalue weighted by atomic mass is 10.1. The van der Waals surface area contributed by atoms with E-state index in [4.69, 9.17) is 0 Å². The monoisotopic (exact) mass is 572 g/mol. The molecule has 1 unspecified atom stereocenters. The molecule has 12 nitrogen and oxygen atoms in total. The van der Waals surface area contributed by atoms with Gasteiger partial charge in [-0.1, -0.05) is 36.4 Å². The second kappa shape index (κ2) is 17.2. The van der Waals surface area contributed by atoms with Gasteiger partial charge in [-0.25, -0.2) is 0 Å². The Hall–Kier alpha value is -4.39. The van der Waals surface area contributed by atoms with Crippen LogP contribution in [0.3, 0.4) is 0 Å². The van der Waals surface area contributed by atoms with Gasteiger partial charge in [0.15, 0.2) is 0 Å². The van der Waals surface area contributed by atoms with Gasteiger partial charge in [0.05, 0.1) is 14.2 Å². The summed E-state index contributed by atoms with van der Waals surface area (Å²) in [4.78, 5) is 73.7. The van der Waals surface area contributed by atoms with Gasteiger partial charge in [0.1, 0.15) is 25.2 Å². The SMILES string of the molecule is COC(=O)CNC(=O)C(CCSC[C@H](NC(=O)c1ccccc1)C(=O)NCC(=O)OC)NC(=O)c1ccccc1. The van der Waals surface area contributed by atoms with Crippen molar-refractivity contribution in [2.75, 3.05) is 38.8 Å². The van der Waals surface area contributed by atoms with Crippen molar-refractivity contribution in [3.8, 4) is 0 Å². The van der Waals surface area contributed by atoms with E-state index in [1.807, 2.05) is 0 Å². The van der Waals surface area contributed by atoms with E-state index in [0.717, 1.165) is 0 Å². The number of esters is 2. The molecule has 0 bridgehead atoms. The van der Waals surface area contributed by atoms with Crippen molar-refractivity contribution in [2.45, 2.75) is 18.5 Å². The summed E-state index contributed by atoms with van der Waals surface area (Å²) >= 11 is 1.25. The van der Waals surface area contributed by atoms with E-state index in [0.29, 0.717) is 16.9 Å². The Morgan fingerprint density at radius 2 is 1.10 bits per heavy atom. The van der Waals surface area contributed by atoms with Crippen molar-refractivity contribution in [1.29, 1.82) is 0 Å². The van der Waals surface area contributed by atoms with E-state index in [1.54, 1.807) is 60.7 Å². The fraction of sp³-hybridized carbons (Fsp3) is 0.333. The van der Waals surface area contributed by atoms with Crippen molar-refractivity contribution in [3.05, 3.63) is 71.8 Å². The van der Waals surface area contributed by atoms with E-state index in [1.165, 1.54) is 26.0 Å². The van der Waals surface area contributed by atoms with Crippen LogP contribution in [0.25, 0.3) is 0 Å². The standard InChI is InChI=1S/C27H32N4O8S/c1-38-22(32)15-28-26(36)20(30-24(34)18-9-5-3-6-10-18)13-14-40-17-21(27(37)29-16-23(33)39-2)31-25(35)19-11-7-4-8-12-19/h3-12,20-21H,13-17H2,1-2H3,(H,28,36)(H,29,37)(H,30,34)(H,31,35)/t20?,21-/m0/s1. The number of methoxy groups -OCH3 is 2. The zero-order valence-corrected chi connectivity index (χ0v) is 23.0. The maximum atomic E-state index is 12.7. The topological polar surface area (TPSA) is 169 Å². The van der Waals surface area contributed by atoms with Crippen molar-refractivity contribution >= 4 is 47.3 Å². The van der Waals surface area contributed by atoms with E-state index in [2.05, 4.69) is 30.7 Å². The maximum Gasteiger partial charge on any atom is 0.325 e. The van der Waals surface area contributed by atoms with Gasteiger partial charge < -0.3 is 30.7 Å². The molecule has 2 rings (SSSR count). The lowest BCUT2D eigenvalue weighted by Crippen LogP contribution is -2.50. The van der Waals surface area contributed by atoms with Crippen molar-refractivity contribution in [1.82, 2.24) is 21.3 Å². The molecule has 13 heteroatoms. The third-order valence-corrected chi connectivity index (χ3v) is 6.51. The number of thioether (sulfide) groups is 1. The van der Waals surface area contributed by atoms with Gasteiger partial charge in [-0.05, 0) is 36.4 Å². The summed E-state index contributed by atoms with van der Waals surface area (Å²) < 4.78 is 9.07. The molecule has 40 heavy (non-hydrogen) atoms. The zero-order valence-electron chi connectivity index (χ0n) is 22.1. The average molecular weight is 573 g/mol. The van der Waals surface area contributed by atoms with Crippen LogP contribution in [0.15, 0.2) is 60.7 Å². The smallest absolute Gasteiger partial charge is 0.325 e. The molecule has 4 amide bonds. The third-order valence-electron chi connectivity index (χ3n) is 5.42. The predicted octanol–water partition coefficient (Wildman–Crippen LogP) is 0.285. The molecular formula is C27H32N4O8S. The molecule has 2 aromatic carbocycles. The molecule has 0 aliphatic carbocycles. The van der Waals surface area contributed by atoms with Crippen LogP contribution in [0.5, 0.6) is 0 Å². The fourth-order valence-corrected chi connectivity index (χ4v) is 4.27. The highest BCUT2D eigenvalue weighted by Crippen LogP contribution is 2.10. The largest absolute Gasteiger partial charge is 0.468 e. The van der Waals surface area contributed by atoms with E-state index < -0.39 is 47.7 Å². The molecule has 0 saturated heterocycles. The molecule has 0 radical (unpaired) electrons. The summed E-state index contributed by atoms with van der Waals surface area (Å²) in [5.74, 6) is -3.02. The van der Waals surface area contributed by atoms with Crippen LogP contribution in [0.1, 0.15) is 27.1 Å². The van der Waals surface area contributed by atoms with Crippen molar-refractivity contribution in [3.63, 3.8) is 0 Å². The molecule has 0 saturated carbocycles. The molecule has 0 fully saturated rings. The van der Waals surface area contributed by atoms with Crippen LogP contribution in [0.2, 0.25) is 0 Å². The molecule has 2 atom stereocenters. The van der Waals surface area contributed by atoms with E-state index >= 15 is 0 Å². The Bertz CT molecular complexity index is 1070. The number of hydrogen-bond donors (Lipinski definition) is 4. The molecular weight excluding hydrogens is 540 g/mol. The lowest BCUT2D eigenvalue weighted by Gasteiger charge is -2.20. The number of amides is 4. The summed E-state index contributed by atoms with van der Waals surface area (Å²) in [7, 11) is 2.38. The first-order valence-electron chi connectivity index (χ1n) is 12.2. The highest BCUT2D eigenvalue weighted by Gasteiger charge is 2.25. The molecule has 214 valence electrons. The zero-order chi connectivity index (χ0) is 29.3. The lowest BCUT2D eigenvalue weighted by molar-refractivity contribution is -0.141. The number of nitrogens with one attached hydrogen (secondary N) is 4. The second-order valence-corrected chi connectivity index (χ2v) is 9.39. The van der Waals surface area contributed by atoms with Crippen LogP contribution in [0, 0.1) is 0 Å². The summed E-state index contributed by atoms with van der Waals surface area (Å²) in [6.07, 6.45) is 0.152. The number of carbonyl (C=O) groups is 6. The van der Waals surface area contributed by atoms with Crippen molar-refractivity contribution < 1.29 is 38.2 Å². The minimum atomic E-state index is -1.01. The molecule has 0 aliphatic heterocycles. The Morgan fingerprint density at radius 3 is 1.55 bits per heavy atom. The number of carbonyl (C=O) groups excluding carboxylic acids is 6. The first kappa shape index (κ1) is 31.8. The van der Waals surface area contributed by atoms with Crippen LogP contribution in [-0.2, 0) is 28.7 Å². The summed E-state index contributed by atoms with van der Waals surface area (Å²) in [6, 6.07) is 14.6. The second-order valence-electron chi connectivity index (χ2n) is 8.24. The van der Waals surface area contributed by atoms with Crippen LogP contribution in [-0.4, -0.2) is 86.5 Å². The predicted molar refractivity (Wildman–Crippen MR) is 147 cm³/mol. The number of ether oxygens (including phenoxy) is 2. The van der Waals surface area contributed by atoms with Gasteiger partial charge in [-0.15, -0.1) is 0 Å². The number of rotatable bonds is 15. The minimum Gasteiger partial charge on any atom is -0.468 e. The summed E-state index contributed by atoms with van der Waals surface area (Å²) in [6.45, 7) is -0.736. The quantitative estimate of drug-likeness (QED) is 0.173. The van der Waals surface area contributed by atoms with E-state index in [9.17, 15) is 28.8 Å². The Kier molecular flexibility index (Phi) is 13.7. The Labute approximate surface area is 235 Å². The first-order chi connectivity index (χ1) is 19.2. The van der Waals surface area contributed by atoms with E-state index in [-0.39, 0.29) is 25.3 Å². The van der Waals surface area contributed by atoms with Gasteiger partial charge in [0.25, 0.3) is 11.8 Å². The number of hydrogen-bond acceptors (Lipinski definition) is 9. The Morgan fingerprint density at radius 1 is 0.675 bits per heavy atom. The summed E-state index contributed by atoms with van der Waals surface area (Å²) in [5, 5.41) is 10.2. The van der Waals surface area contributed by atoms with Crippen molar-refractivity contribution in [2.24, 2.45) is 0 Å². The first-order valence-corrected chi connectivity index (χ1v) is 13.4. The molecule has 0 heterocycles. The minimum absolute atomic E-state index is 0.106. The third kappa shape index (κ3) is 11.2.